The molecule has 25 heavy (non-hydrogen) atoms. The summed E-state index contributed by atoms with van der Waals surface area (Å²) in [7, 11) is 3.93. The zero-order valence-electron chi connectivity index (χ0n) is 13.9. The van der Waals surface area contributed by atoms with Gasteiger partial charge in [-0.25, -0.2) is 10.5 Å². The number of H-pyrrole nitrogens is 1. The molecule has 0 aliphatic rings. The fourth-order valence-electron chi connectivity index (χ4n) is 2.36. The van der Waals surface area contributed by atoms with Gasteiger partial charge in [0.25, 0.3) is 11.5 Å². The fraction of sp³-hybridized carbons (Fsp3) is 0.111. The van der Waals surface area contributed by atoms with Gasteiger partial charge in [0.1, 0.15) is 0 Å². The Bertz CT molecular complexity index is 990. The van der Waals surface area contributed by atoms with Gasteiger partial charge >= 0.3 is 0 Å². The maximum absolute atomic E-state index is 12.3. The van der Waals surface area contributed by atoms with Crippen molar-refractivity contribution in [1.29, 1.82) is 0 Å². The molecule has 0 fully saturated rings. The van der Waals surface area contributed by atoms with Crippen LogP contribution in [0.2, 0.25) is 0 Å². The van der Waals surface area contributed by atoms with E-state index >= 15 is 0 Å². The lowest BCUT2D eigenvalue weighted by Gasteiger charge is -2.11. The monoisotopic (exact) mass is 335 g/mol. The molecular weight excluding hydrogens is 318 g/mol. The molecule has 0 saturated heterocycles. The van der Waals surface area contributed by atoms with Crippen molar-refractivity contribution in [3.8, 4) is 0 Å². The molecule has 0 atom stereocenters. The molecule has 3 aromatic rings. The van der Waals surface area contributed by atoms with Crippen LogP contribution in [0.15, 0.2) is 58.4 Å². The number of hydrazone groups is 1. The van der Waals surface area contributed by atoms with Crippen LogP contribution in [0.5, 0.6) is 0 Å². The topological polar surface area (TPSA) is 90.4 Å². The van der Waals surface area contributed by atoms with E-state index in [1.807, 2.05) is 43.3 Å². The van der Waals surface area contributed by atoms with E-state index in [9.17, 15) is 9.59 Å². The van der Waals surface area contributed by atoms with Gasteiger partial charge < -0.3 is 4.90 Å². The molecule has 0 aliphatic carbocycles. The fourth-order valence-corrected chi connectivity index (χ4v) is 2.36. The number of hydrogen-bond donors (Lipinski definition) is 2. The smallest absolute Gasteiger partial charge is 0.292 e. The molecule has 7 nitrogen and oxygen atoms in total. The van der Waals surface area contributed by atoms with E-state index in [1.54, 1.807) is 30.5 Å². The Hall–Kier alpha value is -3.48. The molecule has 0 aliphatic heterocycles. The van der Waals surface area contributed by atoms with Gasteiger partial charge in [0.05, 0.1) is 11.6 Å². The molecule has 1 aromatic heterocycles. The third-order valence-electron chi connectivity index (χ3n) is 3.70. The number of aromatic amines is 1. The SMILES string of the molecule is CN(C)c1ccc(/C=N/NC(=O)c2n[nH]c(=O)c3ccccc23)cc1. The van der Waals surface area contributed by atoms with Crippen LogP contribution >= 0.6 is 0 Å². The largest absolute Gasteiger partial charge is 0.378 e. The first kappa shape index (κ1) is 16.4. The van der Waals surface area contributed by atoms with Crippen molar-refractivity contribution in [1.82, 2.24) is 15.6 Å². The summed E-state index contributed by atoms with van der Waals surface area (Å²) in [5, 5.41) is 11.0. The van der Waals surface area contributed by atoms with Crippen molar-refractivity contribution < 1.29 is 4.79 Å². The molecule has 2 N–H and O–H groups in total. The number of carbonyl (C=O) groups excluding carboxylic acids is 1. The average molecular weight is 335 g/mol. The van der Waals surface area contributed by atoms with Crippen molar-refractivity contribution in [2.45, 2.75) is 0 Å². The first-order valence-corrected chi connectivity index (χ1v) is 7.64. The molecule has 0 spiro atoms. The van der Waals surface area contributed by atoms with Gasteiger partial charge in [-0.3, -0.25) is 9.59 Å². The van der Waals surface area contributed by atoms with E-state index in [1.165, 1.54) is 0 Å². The minimum atomic E-state index is -0.492. The molecule has 3 rings (SSSR count). The predicted molar refractivity (Wildman–Crippen MR) is 98.2 cm³/mol. The number of benzene rings is 2. The van der Waals surface area contributed by atoms with E-state index in [0.717, 1.165) is 11.3 Å². The Morgan fingerprint density at radius 1 is 1.12 bits per heavy atom. The van der Waals surface area contributed by atoms with Crippen LogP contribution in [-0.2, 0) is 0 Å². The Labute approximate surface area is 144 Å². The molecule has 126 valence electrons. The van der Waals surface area contributed by atoms with E-state index < -0.39 is 5.91 Å². The van der Waals surface area contributed by atoms with E-state index in [0.29, 0.717) is 10.8 Å². The van der Waals surface area contributed by atoms with Crippen LogP contribution in [0, 0.1) is 0 Å². The Morgan fingerprint density at radius 2 is 1.80 bits per heavy atom. The lowest BCUT2D eigenvalue weighted by Crippen LogP contribution is -2.22. The summed E-state index contributed by atoms with van der Waals surface area (Å²) < 4.78 is 0. The van der Waals surface area contributed by atoms with Gasteiger partial charge in [-0.2, -0.15) is 10.2 Å². The second kappa shape index (κ2) is 6.96. The number of amides is 1. The van der Waals surface area contributed by atoms with Crippen molar-refractivity contribution >= 4 is 28.6 Å². The van der Waals surface area contributed by atoms with Gasteiger partial charge in [-0.15, -0.1) is 0 Å². The Kier molecular flexibility index (Phi) is 4.56. The molecule has 7 heteroatoms. The summed E-state index contributed by atoms with van der Waals surface area (Å²) in [4.78, 5) is 26.0. The normalized spacial score (nSPS) is 11.0. The average Bonchev–Trinajstić information content (AvgIpc) is 2.62. The van der Waals surface area contributed by atoms with Crippen LogP contribution < -0.4 is 15.9 Å². The summed E-state index contributed by atoms with van der Waals surface area (Å²) in [6.07, 6.45) is 1.55. The summed E-state index contributed by atoms with van der Waals surface area (Å²) in [6, 6.07) is 14.5. The van der Waals surface area contributed by atoms with Crippen molar-refractivity contribution in [3.63, 3.8) is 0 Å². The van der Waals surface area contributed by atoms with Crippen LogP contribution in [0.3, 0.4) is 0 Å². The van der Waals surface area contributed by atoms with Crippen LogP contribution in [0.4, 0.5) is 5.69 Å². The second-order valence-corrected chi connectivity index (χ2v) is 5.63. The lowest BCUT2D eigenvalue weighted by atomic mass is 10.1. The Balaban J connectivity index is 1.77. The van der Waals surface area contributed by atoms with Gasteiger partial charge in [0, 0.05) is 25.2 Å². The standard InChI is InChI=1S/C18H17N5O2/c1-23(2)13-9-7-12(8-10-13)11-19-21-18(25)16-14-5-3-4-6-15(14)17(24)22-20-16/h3-11H,1-2H3,(H,21,25)(H,22,24)/b19-11+. The van der Waals surface area contributed by atoms with E-state index in [-0.39, 0.29) is 11.3 Å². The minimum Gasteiger partial charge on any atom is -0.378 e. The number of aromatic nitrogens is 2. The third-order valence-corrected chi connectivity index (χ3v) is 3.70. The summed E-state index contributed by atoms with van der Waals surface area (Å²) in [5.74, 6) is -0.492. The van der Waals surface area contributed by atoms with Crippen molar-refractivity contribution in [2.75, 3.05) is 19.0 Å². The van der Waals surface area contributed by atoms with Gasteiger partial charge in [0.15, 0.2) is 5.69 Å². The molecule has 0 radical (unpaired) electrons. The number of fused-ring (bicyclic) bond motifs is 1. The first-order valence-electron chi connectivity index (χ1n) is 7.64. The predicted octanol–water partition coefficient (Wildman–Crippen LogP) is 1.75. The van der Waals surface area contributed by atoms with Crippen molar-refractivity contribution in [3.05, 3.63) is 70.1 Å². The first-order chi connectivity index (χ1) is 12.1. The van der Waals surface area contributed by atoms with Crippen LogP contribution in [0.25, 0.3) is 10.8 Å². The maximum atomic E-state index is 12.3. The van der Waals surface area contributed by atoms with Crippen LogP contribution in [-0.4, -0.2) is 36.4 Å². The molecule has 1 amide bonds. The summed E-state index contributed by atoms with van der Waals surface area (Å²) >= 11 is 0. The molecule has 2 aromatic carbocycles. The number of hydrogen-bond acceptors (Lipinski definition) is 5. The third kappa shape index (κ3) is 3.55. The van der Waals surface area contributed by atoms with E-state index in [4.69, 9.17) is 0 Å². The number of anilines is 1. The second-order valence-electron chi connectivity index (χ2n) is 5.63. The lowest BCUT2D eigenvalue weighted by molar-refractivity contribution is 0.0951. The molecule has 0 unspecified atom stereocenters. The zero-order chi connectivity index (χ0) is 17.8. The highest BCUT2D eigenvalue weighted by Gasteiger charge is 2.12. The zero-order valence-corrected chi connectivity index (χ0v) is 13.9. The van der Waals surface area contributed by atoms with Crippen molar-refractivity contribution in [2.24, 2.45) is 5.10 Å². The molecular formula is C18H17N5O2. The number of rotatable bonds is 4. The highest BCUT2D eigenvalue weighted by Crippen LogP contribution is 2.12. The molecule has 0 bridgehead atoms. The van der Waals surface area contributed by atoms with Gasteiger partial charge in [-0.1, -0.05) is 30.3 Å². The highest BCUT2D eigenvalue weighted by molar-refractivity contribution is 6.04. The molecule has 0 saturated carbocycles. The van der Waals surface area contributed by atoms with Gasteiger partial charge in [0.2, 0.25) is 0 Å². The minimum absolute atomic E-state index is 0.121. The van der Waals surface area contributed by atoms with E-state index in [2.05, 4.69) is 20.7 Å². The van der Waals surface area contributed by atoms with Crippen LogP contribution in [0.1, 0.15) is 16.1 Å². The quantitative estimate of drug-likeness (QED) is 0.561. The van der Waals surface area contributed by atoms with Gasteiger partial charge in [-0.05, 0) is 23.8 Å². The molecule has 1 heterocycles. The number of nitrogens with one attached hydrogen (secondary N) is 2. The summed E-state index contributed by atoms with van der Waals surface area (Å²) in [6.45, 7) is 0. The number of nitrogens with zero attached hydrogens (tertiary/aromatic N) is 3. The summed E-state index contributed by atoms with van der Waals surface area (Å²) in [5.41, 5.74) is 4.14. The highest BCUT2D eigenvalue weighted by atomic mass is 16.2. The number of carbonyl (C=O) groups is 1. The Morgan fingerprint density at radius 3 is 2.48 bits per heavy atom. The maximum Gasteiger partial charge on any atom is 0.292 e.